The van der Waals surface area contributed by atoms with E-state index in [1.54, 1.807) is 4.90 Å². The highest BCUT2D eigenvalue weighted by Gasteiger charge is 2.66. The molecule has 5 aliphatic rings. The molecule has 1 N–H and O–H groups in total. The number of carbonyl (C=O) groups is 2. The van der Waals surface area contributed by atoms with Gasteiger partial charge in [-0.2, -0.15) is 0 Å². The van der Waals surface area contributed by atoms with Crippen molar-refractivity contribution in [3.8, 4) is 0 Å². The summed E-state index contributed by atoms with van der Waals surface area (Å²) in [6.45, 7) is 16.3. The lowest BCUT2D eigenvalue weighted by Crippen LogP contribution is -2.65. The van der Waals surface area contributed by atoms with Crippen LogP contribution >= 0.6 is 0 Å². The molecule has 37 heavy (non-hydrogen) atoms. The van der Waals surface area contributed by atoms with Gasteiger partial charge in [0.25, 0.3) is 0 Å². The number of piperazine rings is 1. The second-order valence-corrected chi connectivity index (χ2v) is 14.2. The van der Waals surface area contributed by atoms with E-state index in [0.29, 0.717) is 23.7 Å². The molecule has 0 bridgehead atoms. The average molecular weight is 504 g/mol. The minimum atomic E-state index is -0.407. The number of amides is 2. The predicted octanol–water partition coefficient (Wildman–Crippen LogP) is 5.96. The number of nitrogens with zero attached hydrogens (tertiary/aromatic N) is 2. The molecule has 1 aromatic carbocycles. The molecule has 200 valence electrons. The van der Waals surface area contributed by atoms with Crippen molar-refractivity contribution < 1.29 is 9.59 Å². The molecule has 1 unspecified atom stereocenters. The minimum absolute atomic E-state index is 0.0726. The number of anilines is 1. The van der Waals surface area contributed by atoms with Crippen LogP contribution in [0.15, 0.2) is 36.4 Å². The summed E-state index contributed by atoms with van der Waals surface area (Å²) < 4.78 is 0. The van der Waals surface area contributed by atoms with Gasteiger partial charge < -0.3 is 15.1 Å². The number of allylic oxidation sites excluding steroid dienone is 1. The standard InChI is InChI=1S/C32H45N3O2/c1-19(2)26-28(37)35-24(27(36)34(26)7)18-32(21-11-8-9-12-23(21)33-29(32)35)17-22-20(3)13-14-25-30(4,5)15-10-16-31(22,25)6/h8-9,11-12,19,22,24-26,29,33H,3,10,13-18H2,1-2,4-7H3/t22-,24-,25-,26-,29-,31+,32?/m0/s1. The van der Waals surface area contributed by atoms with Gasteiger partial charge in [0.15, 0.2) is 0 Å². The Hall–Kier alpha value is -2.30. The van der Waals surface area contributed by atoms with Gasteiger partial charge in [-0.25, -0.2) is 0 Å². The third kappa shape index (κ3) is 3.27. The number of likely N-dealkylation sites (N-methyl/N-ethyl adjacent to an activating group) is 1. The zero-order chi connectivity index (χ0) is 26.5. The second-order valence-electron chi connectivity index (χ2n) is 14.2. The Balaban J connectivity index is 1.46. The SMILES string of the molecule is C=C1CC[C@H]2C(C)(C)CCC[C@]2(C)[C@H]1CC12C[C@H]3C(=O)N(C)[C@@H](C(C)C)C(=O)N3[C@@H]1Nc1ccccc12. The van der Waals surface area contributed by atoms with Crippen LogP contribution in [0.3, 0.4) is 0 Å². The molecular weight excluding hydrogens is 458 g/mol. The minimum Gasteiger partial charge on any atom is -0.364 e. The van der Waals surface area contributed by atoms with Crippen molar-refractivity contribution in [2.45, 2.75) is 103 Å². The maximum Gasteiger partial charge on any atom is 0.247 e. The van der Waals surface area contributed by atoms with Crippen LogP contribution in [0.5, 0.6) is 0 Å². The van der Waals surface area contributed by atoms with Crippen molar-refractivity contribution in [2.24, 2.45) is 28.6 Å². The summed E-state index contributed by atoms with van der Waals surface area (Å²) >= 11 is 0. The summed E-state index contributed by atoms with van der Waals surface area (Å²) in [7, 11) is 1.82. The van der Waals surface area contributed by atoms with Crippen LogP contribution in [0.2, 0.25) is 0 Å². The Morgan fingerprint density at radius 2 is 1.84 bits per heavy atom. The number of carbonyl (C=O) groups excluding carboxylic acids is 2. The molecule has 5 nitrogen and oxygen atoms in total. The number of rotatable bonds is 3. The number of fused-ring (bicyclic) bond motifs is 6. The molecule has 0 spiro atoms. The average Bonchev–Trinajstić information content (AvgIpc) is 3.30. The van der Waals surface area contributed by atoms with E-state index >= 15 is 0 Å². The van der Waals surface area contributed by atoms with Gasteiger partial charge in [-0.3, -0.25) is 9.59 Å². The Kier molecular flexibility index (Phi) is 5.47. The zero-order valence-corrected chi connectivity index (χ0v) is 23.6. The summed E-state index contributed by atoms with van der Waals surface area (Å²) in [5.74, 6) is 1.32. The van der Waals surface area contributed by atoms with E-state index in [0.717, 1.165) is 18.5 Å². The van der Waals surface area contributed by atoms with Crippen LogP contribution in [0.1, 0.15) is 85.1 Å². The van der Waals surface area contributed by atoms with Crippen molar-refractivity contribution in [1.82, 2.24) is 9.80 Å². The fourth-order valence-electron chi connectivity index (χ4n) is 9.89. The van der Waals surface area contributed by atoms with Crippen LogP contribution in [-0.2, 0) is 15.0 Å². The fraction of sp³-hybridized carbons (Fsp3) is 0.688. The first-order valence-electron chi connectivity index (χ1n) is 14.5. The molecule has 3 heterocycles. The lowest BCUT2D eigenvalue weighted by Gasteiger charge is -2.59. The van der Waals surface area contributed by atoms with E-state index in [1.807, 2.05) is 25.8 Å². The van der Waals surface area contributed by atoms with Crippen LogP contribution in [-0.4, -0.2) is 46.9 Å². The van der Waals surface area contributed by atoms with E-state index in [2.05, 4.69) is 56.9 Å². The van der Waals surface area contributed by atoms with Crippen LogP contribution < -0.4 is 5.32 Å². The molecule has 5 heteroatoms. The number of hydrogen-bond acceptors (Lipinski definition) is 3. The van der Waals surface area contributed by atoms with E-state index in [9.17, 15) is 9.59 Å². The molecule has 0 aromatic heterocycles. The van der Waals surface area contributed by atoms with E-state index in [4.69, 9.17) is 0 Å². The summed E-state index contributed by atoms with van der Waals surface area (Å²) in [4.78, 5) is 31.5. The second kappa shape index (κ2) is 8.10. The molecular formula is C32H45N3O2. The van der Waals surface area contributed by atoms with Crippen molar-refractivity contribution in [2.75, 3.05) is 12.4 Å². The molecule has 2 saturated carbocycles. The fourth-order valence-corrected chi connectivity index (χ4v) is 9.89. The first-order valence-corrected chi connectivity index (χ1v) is 14.5. The molecule has 7 atom stereocenters. The molecule has 2 saturated heterocycles. The van der Waals surface area contributed by atoms with Gasteiger partial charge >= 0.3 is 0 Å². The Morgan fingerprint density at radius 1 is 1.11 bits per heavy atom. The molecule has 6 rings (SSSR count). The first kappa shape index (κ1) is 25.0. The monoisotopic (exact) mass is 503 g/mol. The molecule has 0 radical (unpaired) electrons. The summed E-state index contributed by atoms with van der Waals surface area (Å²) in [6, 6.07) is 7.79. The zero-order valence-electron chi connectivity index (χ0n) is 23.6. The normalized spacial score (nSPS) is 40.3. The highest BCUT2D eigenvalue weighted by Crippen LogP contribution is 2.65. The Labute approximate surface area is 223 Å². The van der Waals surface area contributed by atoms with Gasteiger partial charge in [0, 0.05) is 18.2 Å². The van der Waals surface area contributed by atoms with Gasteiger partial charge in [-0.05, 0) is 78.7 Å². The third-order valence-corrected chi connectivity index (χ3v) is 11.5. The molecule has 4 fully saturated rings. The van der Waals surface area contributed by atoms with E-state index in [1.165, 1.54) is 36.8 Å². The predicted molar refractivity (Wildman–Crippen MR) is 148 cm³/mol. The van der Waals surface area contributed by atoms with Crippen LogP contribution in [0, 0.1) is 28.6 Å². The quantitative estimate of drug-likeness (QED) is 0.518. The van der Waals surface area contributed by atoms with E-state index < -0.39 is 12.1 Å². The van der Waals surface area contributed by atoms with Crippen LogP contribution in [0.25, 0.3) is 0 Å². The Bertz CT molecular complexity index is 1160. The number of hydrogen-bond donors (Lipinski definition) is 1. The summed E-state index contributed by atoms with van der Waals surface area (Å²) in [5.41, 5.74) is 4.03. The number of benzene rings is 1. The molecule has 2 amide bonds. The van der Waals surface area contributed by atoms with E-state index in [-0.39, 0.29) is 34.7 Å². The van der Waals surface area contributed by atoms with Gasteiger partial charge in [-0.1, -0.05) is 71.4 Å². The molecule has 1 aromatic rings. The highest BCUT2D eigenvalue weighted by molar-refractivity contribution is 5.98. The van der Waals surface area contributed by atoms with Crippen molar-refractivity contribution in [3.05, 3.63) is 42.0 Å². The molecule has 2 aliphatic carbocycles. The van der Waals surface area contributed by atoms with Crippen molar-refractivity contribution in [3.63, 3.8) is 0 Å². The van der Waals surface area contributed by atoms with Gasteiger partial charge in [0.1, 0.15) is 18.2 Å². The smallest absolute Gasteiger partial charge is 0.247 e. The lowest BCUT2D eigenvalue weighted by atomic mass is 9.46. The summed E-state index contributed by atoms with van der Waals surface area (Å²) in [6.07, 6.45) is 7.58. The van der Waals surface area contributed by atoms with Crippen molar-refractivity contribution >= 4 is 17.5 Å². The van der Waals surface area contributed by atoms with Crippen molar-refractivity contribution in [1.29, 1.82) is 0 Å². The lowest BCUT2D eigenvalue weighted by molar-refractivity contribution is -0.161. The highest BCUT2D eigenvalue weighted by atomic mass is 16.2. The number of nitrogens with one attached hydrogen (secondary N) is 1. The van der Waals surface area contributed by atoms with Gasteiger partial charge in [0.2, 0.25) is 11.8 Å². The topological polar surface area (TPSA) is 52.7 Å². The largest absolute Gasteiger partial charge is 0.364 e. The van der Waals surface area contributed by atoms with Gasteiger partial charge in [-0.15, -0.1) is 0 Å². The Morgan fingerprint density at radius 3 is 2.57 bits per heavy atom. The van der Waals surface area contributed by atoms with Gasteiger partial charge in [0.05, 0.1) is 0 Å². The third-order valence-electron chi connectivity index (χ3n) is 11.5. The summed E-state index contributed by atoms with van der Waals surface area (Å²) in [5, 5.41) is 3.77. The maximum atomic E-state index is 14.0. The maximum absolute atomic E-state index is 14.0. The first-order chi connectivity index (χ1) is 17.4. The molecule has 3 aliphatic heterocycles. The number of para-hydroxylation sites is 1. The van der Waals surface area contributed by atoms with Crippen LogP contribution in [0.4, 0.5) is 5.69 Å².